The lowest BCUT2D eigenvalue weighted by atomic mass is 9.88. The van der Waals surface area contributed by atoms with Gasteiger partial charge in [0.25, 0.3) is 0 Å². The number of benzene rings is 10. The first-order valence-corrected chi connectivity index (χ1v) is 21.2. The number of amidine groups is 1. The fourth-order valence-corrected chi connectivity index (χ4v) is 9.85. The number of hydrogen-bond donors (Lipinski definition) is 2. The number of nitrogens with one attached hydrogen (secondary N) is 2. The molecule has 1 aliphatic rings. The number of fused-ring (bicyclic) bond motifs is 9. The Balaban J connectivity index is 1.01. The summed E-state index contributed by atoms with van der Waals surface area (Å²) in [5.41, 5.74) is 11.2. The van der Waals surface area contributed by atoms with Crippen molar-refractivity contribution in [1.82, 2.24) is 10.6 Å². The summed E-state index contributed by atoms with van der Waals surface area (Å²) < 4.78 is 13.3. The second kappa shape index (κ2) is 13.8. The van der Waals surface area contributed by atoms with Gasteiger partial charge < -0.3 is 14.2 Å². The molecule has 2 unspecified atom stereocenters. The SMILES string of the molecule is c1ccc2cc(C3=NC(c4ccc(-c5cc(-c6cccc7ccccc67)cc6oc7ccccc7c56)c5ccccc45)NC(c4cccc5c4oc4ccccc45)N3)ccc2c1. The first kappa shape index (κ1) is 34.8. The third-order valence-electron chi connectivity index (χ3n) is 12.8. The molecular weight excluding hydrogens is 759 g/mol. The molecule has 5 nitrogen and oxygen atoms in total. The Kier molecular flexibility index (Phi) is 7.74. The van der Waals surface area contributed by atoms with Crippen LogP contribution in [0.3, 0.4) is 0 Å². The van der Waals surface area contributed by atoms with Gasteiger partial charge in [0, 0.05) is 32.7 Å². The lowest BCUT2D eigenvalue weighted by Crippen LogP contribution is -2.45. The minimum absolute atomic E-state index is 0.309. The molecule has 292 valence electrons. The van der Waals surface area contributed by atoms with Gasteiger partial charge in [0.2, 0.25) is 0 Å². The van der Waals surface area contributed by atoms with Crippen molar-refractivity contribution in [3.63, 3.8) is 0 Å². The molecule has 10 aromatic carbocycles. The van der Waals surface area contributed by atoms with Crippen molar-refractivity contribution in [3.8, 4) is 22.3 Å². The van der Waals surface area contributed by atoms with E-state index in [0.29, 0.717) is 0 Å². The van der Waals surface area contributed by atoms with Crippen molar-refractivity contribution in [2.45, 2.75) is 12.3 Å². The average Bonchev–Trinajstić information content (AvgIpc) is 3.92. The van der Waals surface area contributed by atoms with Gasteiger partial charge in [-0.05, 0) is 90.5 Å². The summed E-state index contributed by atoms with van der Waals surface area (Å²) in [6.45, 7) is 0. The average molecular weight is 796 g/mol. The van der Waals surface area contributed by atoms with Crippen molar-refractivity contribution in [1.29, 1.82) is 0 Å². The Bertz CT molecular complexity index is 3790. The quantitative estimate of drug-likeness (QED) is 0.182. The van der Waals surface area contributed by atoms with Crippen molar-refractivity contribution >= 4 is 82.0 Å². The molecule has 13 rings (SSSR count). The Morgan fingerprint density at radius 3 is 1.94 bits per heavy atom. The summed E-state index contributed by atoms with van der Waals surface area (Å²) in [6, 6.07) is 71.1. The van der Waals surface area contributed by atoms with E-state index in [-0.39, 0.29) is 6.17 Å². The second-order valence-electron chi connectivity index (χ2n) is 16.3. The monoisotopic (exact) mass is 795 g/mol. The molecular formula is C57H37N3O2. The summed E-state index contributed by atoms with van der Waals surface area (Å²) in [5.74, 6) is 0.820. The molecule has 1 aliphatic heterocycles. The zero-order valence-corrected chi connectivity index (χ0v) is 33.5. The normalized spacial score (nSPS) is 15.6. The van der Waals surface area contributed by atoms with E-state index in [9.17, 15) is 0 Å². The highest BCUT2D eigenvalue weighted by Crippen LogP contribution is 2.45. The van der Waals surface area contributed by atoms with Crippen molar-refractivity contribution < 1.29 is 8.83 Å². The van der Waals surface area contributed by atoms with Crippen LogP contribution in [0.15, 0.2) is 214 Å². The standard InChI is InChI=1S/C57H37N3O2/c1-2-15-36-31-37(28-27-34(36)13-1)55-58-56(60-57(59-55)48-24-12-23-45-44-20-7-9-25-50(44)62-54(45)48)46-30-29-43(41-18-5-6-19-42(41)46)49-32-38(40-22-11-16-35-14-3-4-17-39(35)40)33-52-53(49)47-21-8-10-26-51(47)61-52/h1-33,56-57,60H,(H,58,59). The van der Waals surface area contributed by atoms with Gasteiger partial charge in [-0.1, -0.05) is 170 Å². The van der Waals surface area contributed by atoms with Crippen LogP contribution in [-0.4, -0.2) is 5.84 Å². The van der Waals surface area contributed by atoms with E-state index in [0.717, 1.165) is 93.9 Å². The molecule has 62 heavy (non-hydrogen) atoms. The van der Waals surface area contributed by atoms with Gasteiger partial charge >= 0.3 is 0 Å². The molecule has 12 aromatic rings. The zero-order valence-electron chi connectivity index (χ0n) is 33.5. The number of nitrogens with zero attached hydrogens (tertiary/aromatic N) is 1. The highest BCUT2D eigenvalue weighted by atomic mass is 16.3. The second-order valence-corrected chi connectivity index (χ2v) is 16.3. The van der Waals surface area contributed by atoms with Gasteiger partial charge in [-0.2, -0.15) is 0 Å². The van der Waals surface area contributed by atoms with E-state index in [1.165, 1.54) is 27.1 Å². The molecule has 0 amide bonds. The summed E-state index contributed by atoms with van der Waals surface area (Å²) >= 11 is 0. The van der Waals surface area contributed by atoms with Crippen molar-refractivity contribution in [2.75, 3.05) is 0 Å². The molecule has 0 saturated heterocycles. The lowest BCUT2D eigenvalue weighted by molar-refractivity contribution is 0.409. The van der Waals surface area contributed by atoms with Gasteiger partial charge in [-0.3, -0.25) is 5.32 Å². The van der Waals surface area contributed by atoms with Crippen molar-refractivity contribution in [3.05, 3.63) is 217 Å². The first-order valence-electron chi connectivity index (χ1n) is 21.2. The van der Waals surface area contributed by atoms with Crippen LogP contribution < -0.4 is 10.6 Å². The number of para-hydroxylation sites is 3. The predicted molar refractivity (Wildman–Crippen MR) is 256 cm³/mol. The summed E-state index contributed by atoms with van der Waals surface area (Å²) in [4.78, 5) is 5.49. The Labute approximate surface area is 356 Å². The van der Waals surface area contributed by atoms with Crippen LogP contribution in [0.2, 0.25) is 0 Å². The molecule has 0 fully saturated rings. The summed E-state index contributed by atoms with van der Waals surface area (Å²) in [5, 5.41) is 19.2. The van der Waals surface area contributed by atoms with Gasteiger partial charge in [0.15, 0.2) is 0 Å². The first-order chi connectivity index (χ1) is 30.7. The van der Waals surface area contributed by atoms with Crippen LogP contribution in [0.25, 0.3) is 98.4 Å². The van der Waals surface area contributed by atoms with Crippen LogP contribution in [-0.2, 0) is 0 Å². The Morgan fingerprint density at radius 1 is 0.387 bits per heavy atom. The molecule has 2 N–H and O–H groups in total. The molecule has 2 aromatic heterocycles. The van der Waals surface area contributed by atoms with Gasteiger partial charge in [0.1, 0.15) is 40.5 Å². The molecule has 2 atom stereocenters. The molecule has 0 aliphatic carbocycles. The minimum Gasteiger partial charge on any atom is -0.456 e. The molecule has 3 heterocycles. The van der Waals surface area contributed by atoms with Crippen LogP contribution in [0.4, 0.5) is 0 Å². The predicted octanol–water partition coefficient (Wildman–Crippen LogP) is 14.6. The maximum Gasteiger partial charge on any atom is 0.142 e. The molecule has 0 saturated carbocycles. The topological polar surface area (TPSA) is 62.7 Å². The number of hydrogen-bond acceptors (Lipinski definition) is 5. The zero-order chi connectivity index (χ0) is 40.7. The third-order valence-corrected chi connectivity index (χ3v) is 12.8. The fraction of sp³-hybridized carbons (Fsp3) is 0.0351. The maximum absolute atomic E-state index is 6.66. The molecule has 0 radical (unpaired) electrons. The van der Waals surface area contributed by atoms with Crippen LogP contribution in [0.1, 0.15) is 29.0 Å². The number of rotatable bonds is 5. The lowest BCUT2D eigenvalue weighted by Gasteiger charge is -2.33. The van der Waals surface area contributed by atoms with E-state index in [1.807, 2.05) is 18.2 Å². The Morgan fingerprint density at radius 2 is 1.06 bits per heavy atom. The smallest absolute Gasteiger partial charge is 0.142 e. The highest BCUT2D eigenvalue weighted by molar-refractivity contribution is 6.17. The van der Waals surface area contributed by atoms with Gasteiger partial charge in [0.05, 0.1) is 0 Å². The Hall–Kier alpha value is -7.99. The maximum atomic E-state index is 6.66. The molecule has 0 bridgehead atoms. The highest BCUT2D eigenvalue weighted by Gasteiger charge is 2.30. The minimum atomic E-state index is -0.391. The molecule has 5 heteroatoms. The number of aliphatic imine (C=N–C) groups is 1. The number of furan rings is 2. The van der Waals surface area contributed by atoms with Gasteiger partial charge in [-0.15, -0.1) is 0 Å². The van der Waals surface area contributed by atoms with Crippen LogP contribution in [0, 0.1) is 0 Å². The summed E-state index contributed by atoms with van der Waals surface area (Å²) in [6.07, 6.45) is -0.700. The van der Waals surface area contributed by atoms with Crippen LogP contribution in [0.5, 0.6) is 0 Å². The van der Waals surface area contributed by atoms with Gasteiger partial charge in [-0.25, -0.2) is 4.99 Å². The van der Waals surface area contributed by atoms with Crippen LogP contribution >= 0.6 is 0 Å². The summed E-state index contributed by atoms with van der Waals surface area (Å²) in [7, 11) is 0. The largest absolute Gasteiger partial charge is 0.456 e. The fourth-order valence-electron chi connectivity index (χ4n) is 9.85. The van der Waals surface area contributed by atoms with E-state index < -0.39 is 6.17 Å². The van der Waals surface area contributed by atoms with E-state index >= 15 is 0 Å². The molecule has 0 spiro atoms. The third kappa shape index (κ3) is 5.49. The van der Waals surface area contributed by atoms with E-state index in [4.69, 9.17) is 13.8 Å². The van der Waals surface area contributed by atoms with E-state index in [2.05, 4.69) is 193 Å². The van der Waals surface area contributed by atoms with Crippen molar-refractivity contribution in [2.24, 2.45) is 4.99 Å². The van der Waals surface area contributed by atoms with E-state index in [1.54, 1.807) is 0 Å².